The van der Waals surface area contributed by atoms with E-state index < -0.39 is 34.9 Å². The molecule has 0 aliphatic carbocycles. The Labute approximate surface area is 437 Å². The van der Waals surface area contributed by atoms with Gasteiger partial charge in [0.15, 0.2) is 0 Å². The van der Waals surface area contributed by atoms with Crippen LogP contribution in [-0.2, 0) is 0 Å². The maximum absolute atomic E-state index is 18.6. The average Bonchev–Trinajstić information content (AvgIpc) is 3.53. The minimum absolute atomic E-state index is 0.114. The molecule has 19 aromatic carbocycles. The van der Waals surface area contributed by atoms with Gasteiger partial charge in [0.25, 0.3) is 0 Å². The number of aryl methyl sites for hydroxylation is 6. The summed E-state index contributed by atoms with van der Waals surface area (Å²) in [6.07, 6.45) is 0. The Balaban J connectivity index is 1.24. The van der Waals surface area contributed by atoms with Gasteiger partial charge in [0.1, 0.15) is 34.9 Å². The van der Waals surface area contributed by atoms with E-state index in [9.17, 15) is 0 Å². The van der Waals surface area contributed by atoms with Crippen molar-refractivity contribution in [3.8, 4) is 22.3 Å². The second kappa shape index (κ2) is 13.0. The number of rotatable bonds is 2. The Bertz CT molecular complexity index is 5630. The first-order chi connectivity index (χ1) is 37.7. The molecule has 19 aromatic rings. The zero-order valence-electron chi connectivity index (χ0n) is 42.7. The Kier molecular flexibility index (Phi) is 7.05. The molecule has 0 heterocycles. The van der Waals surface area contributed by atoms with Crippen molar-refractivity contribution < 1.29 is 26.3 Å². The molecular weight excluding hydrogens is 979 g/mol. The SMILES string of the molecule is Cc1cc(C)c(-c2cc3c4cc(F)cc5c6cc(F)cc7c8cc(-c9c(C)cc(C)cc9C)c9c%10ccc(F)cc%10c%10cc(F)c%11c%12c(F)cc%13c%14cc(F)ccc%14c2c2c%13c%12c%12c(c32)c(c54)c(c67)c2c8c9c%10c%11c2%12)c(C)c1. The summed E-state index contributed by atoms with van der Waals surface area (Å²) in [6.45, 7) is 12.5. The minimum atomic E-state index is -0.650. The lowest BCUT2D eigenvalue weighted by Crippen LogP contribution is -2.05. The van der Waals surface area contributed by atoms with Crippen molar-refractivity contribution >= 4 is 172 Å². The molecule has 0 saturated heterocycles. The Morgan fingerprint density at radius 3 is 0.833 bits per heavy atom. The van der Waals surface area contributed by atoms with Crippen LogP contribution in [0.2, 0.25) is 0 Å². The van der Waals surface area contributed by atoms with Crippen molar-refractivity contribution in [1.29, 1.82) is 0 Å². The van der Waals surface area contributed by atoms with E-state index in [0.717, 1.165) is 153 Å². The van der Waals surface area contributed by atoms with Crippen molar-refractivity contribution in [2.75, 3.05) is 0 Å². The second-order valence-electron chi connectivity index (χ2n) is 23.2. The maximum Gasteiger partial charge on any atom is 0.132 e. The van der Waals surface area contributed by atoms with Crippen molar-refractivity contribution in [3.63, 3.8) is 0 Å². The van der Waals surface area contributed by atoms with Gasteiger partial charge in [-0.2, -0.15) is 0 Å². The number of benzene rings is 19. The van der Waals surface area contributed by atoms with E-state index in [4.69, 9.17) is 0 Å². The van der Waals surface area contributed by atoms with Gasteiger partial charge in [-0.3, -0.25) is 0 Å². The third-order valence-corrected chi connectivity index (χ3v) is 19.0. The predicted molar refractivity (Wildman–Crippen MR) is 315 cm³/mol. The van der Waals surface area contributed by atoms with Crippen molar-refractivity contribution in [2.45, 2.75) is 41.5 Å². The van der Waals surface area contributed by atoms with Crippen molar-refractivity contribution in [2.24, 2.45) is 0 Å². The molecule has 6 heteroatoms. The van der Waals surface area contributed by atoms with Crippen molar-refractivity contribution in [1.82, 2.24) is 0 Å². The normalized spacial score (nSPS) is 13.4. The molecule has 0 amide bonds. The highest BCUT2D eigenvalue weighted by atomic mass is 19.1. The topological polar surface area (TPSA) is 0 Å². The van der Waals surface area contributed by atoms with E-state index in [1.165, 1.54) is 48.5 Å². The summed E-state index contributed by atoms with van der Waals surface area (Å²) >= 11 is 0. The van der Waals surface area contributed by atoms with Gasteiger partial charge < -0.3 is 0 Å². The molecule has 0 aliphatic rings. The van der Waals surface area contributed by atoms with Gasteiger partial charge >= 0.3 is 0 Å². The van der Waals surface area contributed by atoms with Crippen LogP contribution >= 0.6 is 0 Å². The first-order valence-electron chi connectivity index (χ1n) is 26.5. The van der Waals surface area contributed by atoms with Crippen LogP contribution in [0.15, 0.2) is 109 Å². The van der Waals surface area contributed by atoms with Crippen LogP contribution in [0.5, 0.6) is 0 Å². The van der Waals surface area contributed by atoms with Gasteiger partial charge in [-0.05, 0) is 299 Å². The first-order valence-corrected chi connectivity index (χ1v) is 26.5. The molecule has 0 aliphatic heterocycles. The van der Waals surface area contributed by atoms with E-state index in [1.807, 2.05) is 0 Å². The van der Waals surface area contributed by atoms with Gasteiger partial charge in [0, 0.05) is 32.3 Å². The van der Waals surface area contributed by atoms with Gasteiger partial charge in [0.05, 0.1) is 0 Å². The monoisotopic (exact) mass is 1010 g/mol. The van der Waals surface area contributed by atoms with Gasteiger partial charge in [0.2, 0.25) is 0 Å². The minimum Gasteiger partial charge on any atom is -0.207 e. The standard InChI is InChI=1S/C72H36F6/c1-25-11-27(3)51(28(4)12-25)47-21-43-41-19-33(75)17-39-40-18-34(76)20-42-44-22-48(52-29(5)13-26(2)14-30(52)6)54-36-10-8-32(74)16-38(36)46-24-50(78)62-61-49(77)23-45-37-15-31(73)7-9-35(37)53(47)63-57(43)69-65(55(39)41)66(56(40)42)70-58(44)64(54)60(46)68(62)72(70)71(69)67(61)59(45)63/h7-24H,1-6H3. The zero-order valence-corrected chi connectivity index (χ0v) is 42.7. The molecular formula is C72H36F6. The molecule has 0 aromatic heterocycles. The highest BCUT2D eigenvalue weighted by Gasteiger charge is 2.37. The molecule has 19 rings (SSSR count). The fraction of sp³-hybridized carbons (Fsp3) is 0.0833. The van der Waals surface area contributed by atoms with E-state index in [0.29, 0.717) is 64.6 Å². The number of hydrogen-bond acceptors (Lipinski definition) is 0. The molecule has 0 nitrogen and oxygen atoms in total. The van der Waals surface area contributed by atoms with E-state index in [1.54, 1.807) is 24.3 Å². The Morgan fingerprint density at radius 1 is 0.205 bits per heavy atom. The molecule has 0 spiro atoms. The smallest absolute Gasteiger partial charge is 0.132 e. The quantitative estimate of drug-likeness (QED) is 0.0920. The first kappa shape index (κ1) is 42.2. The predicted octanol–water partition coefficient (Wildman–Crippen LogP) is 21.7. The summed E-state index contributed by atoms with van der Waals surface area (Å²) in [4.78, 5) is 0. The lowest BCUT2D eigenvalue weighted by atomic mass is 9.70. The molecule has 0 fully saturated rings. The third-order valence-electron chi connectivity index (χ3n) is 19.0. The fourth-order valence-electron chi connectivity index (χ4n) is 17.0. The molecule has 0 bridgehead atoms. The van der Waals surface area contributed by atoms with E-state index >= 15 is 26.3 Å². The molecule has 78 heavy (non-hydrogen) atoms. The number of fused-ring (bicyclic) bond motifs is 10. The fourth-order valence-corrected chi connectivity index (χ4v) is 17.0. The van der Waals surface area contributed by atoms with Gasteiger partial charge in [-0.15, -0.1) is 0 Å². The van der Waals surface area contributed by atoms with Gasteiger partial charge in [-0.1, -0.05) is 47.5 Å². The highest BCUT2D eigenvalue weighted by molar-refractivity contribution is 6.65. The van der Waals surface area contributed by atoms with Crippen LogP contribution in [0.1, 0.15) is 33.4 Å². The number of hydrogen-bond donors (Lipinski definition) is 0. The van der Waals surface area contributed by atoms with E-state index in [2.05, 4.69) is 77.9 Å². The van der Waals surface area contributed by atoms with Gasteiger partial charge in [-0.25, -0.2) is 26.3 Å². The molecule has 0 saturated carbocycles. The zero-order chi connectivity index (χ0) is 52.4. The molecule has 366 valence electrons. The second-order valence-corrected chi connectivity index (χ2v) is 23.2. The molecule has 0 N–H and O–H groups in total. The third kappa shape index (κ3) is 4.42. The largest absolute Gasteiger partial charge is 0.207 e. The summed E-state index contributed by atoms with van der Waals surface area (Å²) < 4.78 is 104. The molecule has 0 unspecified atom stereocenters. The lowest BCUT2D eigenvalue weighted by molar-refractivity contribution is 0.629. The van der Waals surface area contributed by atoms with E-state index in [-0.39, 0.29) is 10.8 Å². The summed E-state index contributed by atoms with van der Waals surface area (Å²) in [5, 5.41) is 21.4. The average molecular weight is 1020 g/mol. The van der Waals surface area contributed by atoms with Crippen LogP contribution in [-0.4, -0.2) is 0 Å². The molecule has 0 radical (unpaired) electrons. The van der Waals surface area contributed by atoms with Crippen LogP contribution < -0.4 is 0 Å². The lowest BCUT2D eigenvalue weighted by Gasteiger charge is -2.32. The van der Waals surface area contributed by atoms with Crippen LogP contribution in [0, 0.1) is 76.4 Å². The summed E-state index contributed by atoms with van der Waals surface area (Å²) in [6, 6.07) is 31.6. The van der Waals surface area contributed by atoms with Crippen LogP contribution in [0.4, 0.5) is 26.3 Å². The Morgan fingerprint density at radius 2 is 0.474 bits per heavy atom. The van der Waals surface area contributed by atoms with Crippen LogP contribution in [0.3, 0.4) is 0 Å². The summed E-state index contributed by atoms with van der Waals surface area (Å²) in [5.41, 5.74) is 9.89. The summed E-state index contributed by atoms with van der Waals surface area (Å²) in [7, 11) is 0. The van der Waals surface area contributed by atoms with Crippen LogP contribution in [0.25, 0.3) is 195 Å². The molecule has 0 atom stereocenters. The van der Waals surface area contributed by atoms with Crippen molar-refractivity contribution in [3.05, 3.63) is 177 Å². The number of halogens is 6. The highest BCUT2D eigenvalue weighted by Crippen LogP contribution is 2.65. The Hall–Kier alpha value is -9.00. The summed E-state index contributed by atoms with van der Waals surface area (Å²) in [5.74, 6) is -3.21. The maximum atomic E-state index is 18.6.